The molecule has 1 fully saturated rings. The van der Waals surface area contributed by atoms with Crippen LogP contribution in [0.3, 0.4) is 0 Å². The van der Waals surface area contributed by atoms with Crippen molar-refractivity contribution in [2.45, 2.75) is 32.9 Å². The van der Waals surface area contributed by atoms with Crippen molar-refractivity contribution in [3.8, 4) is 0 Å². The molecular weight excluding hydrogens is 256 g/mol. The molecule has 2 aromatic rings. The predicted molar refractivity (Wildman–Crippen MR) is 79.6 cm³/mol. The lowest BCUT2D eigenvalue weighted by Gasteiger charge is -2.39. The monoisotopic (exact) mass is 278 g/mol. The van der Waals surface area contributed by atoms with Gasteiger partial charge in [-0.25, -0.2) is 4.98 Å². The van der Waals surface area contributed by atoms with E-state index in [0.717, 1.165) is 37.1 Å². The van der Waals surface area contributed by atoms with Gasteiger partial charge in [0, 0.05) is 50.0 Å². The molecule has 0 radical (unpaired) electrons. The van der Waals surface area contributed by atoms with Gasteiger partial charge in [-0.15, -0.1) is 11.3 Å². The SMILES string of the molecule is CCC(C)C1CNCCN1Cc1cn2ccsc2n1. The number of fused-ring (bicyclic) bond motifs is 1. The van der Waals surface area contributed by atoms with Crippen molar-refractivity contribution >= 4 is 16.3 Å². The van der Waals surface area contributed by atoms with Gasteiger partial charge in [-0.3, -0.25) is 9.30 Å². The van der Waals surface area contributed by atoms with E-state index in [1.807, 2.05) is 0 Å². The van der Waals surface area contributed by atoms with Crippen LogP contribution in [0, 0.1) is 5.92 Å². The minimum Gasteiger partial charge on any atom is -0.314 e. The van der Waals surface area contributed by atoms with Gasteiger partial charge in [-0.1, -0.05) is 20.3 Å². The van der Waals surface area contributed by atoms with Gasteiger partial charge in [-0.2, -0.15) is 0 Å². The van der Waals surface area contributed by atoms with Gasteiger partial charge >= 0.3 is 0 Å². The van der Waals surface area contributed by atoms with Crippen LogP contribution in [-0.2, 0) is 6.54 Å². The average Bonchev–Trinajstić information content (AvgIpc) is 2.99. The Hall–Kier alpha value is -0.910. The summed E-state index contributed by atoms with van der Waals surface area (Å²) in [6.07, 6.45) is 5.49. The first-order valence-electron chi connectivity index (χ1n) is 7.13. The lowest BCUT2D eigenvalue weighted by atomic mass is 9.96. The van der Waals surface area contributed by atoms with Crippen LogP contribution >= 0.6 is 11.3 Å². The predicted octanol–water partition coefficient (Wildman–Crippen LogP) is 2.22. The molecule has 0 bridgehead atoms. The van der Waals surface area contributed by atoms with E-state index in [1.54, 1.807) is 11.3 Å². The van der Waals surface area contributed by atoms with Crippen LogP contribution in [0.2, 0.25) is 0 Å². The lowest BCUT2D eigenvalue weighted by Crippen LogP contribution is -2.53. The highest BCUT2D eigenvalue weighted by Gasteiger charge is 2.26. The van der Waals surface area contributed by atoms with Gasteiger partial charge in [0.1, 0.15) is 0 Å². The van der Waals surface area contributed by atoms with E-state index >= 15 is 0 Å². The van der Waals surface area contributed by atoms with Crippen molar-refractivity contribution < 1.29 is 0 Å². The summed E-state index contributed by atoms with van der Waals surface area (Å²) < 4.78 is 2.13. The summed E-state index contributed by atoms with van der Waals surface area (Å²) in [6, 6.07) is 0.637. The standard InChI is InChI=1S/C14H22N4S/c1-3-11(2)13-8-15-4-5-17(13)9-12-10-18-6-7-19-14(18)16-12/h6-7,10-11,13,15H,3-5,8-9H2,1-2H3. The smallest absolute Gasteiger partial charge is 0.193 e. The van der Waals surface area contributed by atoms with E-state index < -0.39 is 0 Å². The van der Waals surface area contributed by atoms with E-state index in [4.69, 9.17) is 4.98 Å². The Kier molecular flexibility index (Phi) is 3.86. The molecular formula is C14H22N4S. The van der Waals surface area contributed by atoms with E-state index in [2.05, 4.69) is 46.2 Å². The number of thiazole rings is 1. The molecule has 2 aromatic heterocycles. The number of hydrogen-bond donors (Lipinski definition) is 1. The van der Waals surface area contributed by atoms with E-state index in [9.17, 15) is 0 Å². The fraction of sp³-hybridized carbons (Fsp3) is 0.643. The van der Waals surface area contributed by atoms with E-state index in [-0.39, 0.29) is 0 Å². The third-order valence-electron chi connectivity index (χ3n) is 4.21. The molecule has 1 aliphatic heterocycles. The second-order valence-electron chi connectivity index (χ2n) is 5.45. The van der Waals surface area contributed by atoms with Gasteiger partial charge in [0.2, 0.25) is 0 Å². The van der Waals surface area contributed by atoms with Crippen molar-refractivity contribution in [1.29, 1.82) is 0 Å². The fourth-order valence-corrected chi connectivity index (χ4v) is 3.58. The zero-order valence-corrected chi connectivity index (χ0v) is 12.5. The Balaban J connectivity index is 1.74. The lowest BCUT2D eigenvalue weighted by molar-refractivity contribution is 0.108. The number of rotatable bonds is 4. The van der Waals surface area contributed by atoms with Crippen molar-refractivity contribution in [2.75, 3.05) is 19.6 Å². The summed E-state index contributed by atoms with van der Waals surface area (Å²) in [5.41, 5.74) is 1.20. The second-order valence-corrected chi connectivity index (χ2v) is 6.33. The average molecular weight is 278 g/mol. The molecule has 4 nitrogen and oxygen atoms in total. The van der Waals surface area contributed by atoms with Crippen molar-refractivity contribution in [3.05, 3.63) is 23.5 Å². The minimum atomic E-state index is 0.637. The van der Waals surface area contributed by atoms with Crippen LogP contribution < -0.4 is 5.32 Å². The first-order valence-corrected chi connectivity index (χ1v) is 8.01. The number of nitrogens with one attached hydrogen (secondary N) is 1. The van der Waals surface area contributed by atoms with Gasteiger partial charge in [0.25, 0.3) is 0 Å². The number of imidazole rings is 1. The number of nitrogens with zero attached hydrogens (tertiary/aromatic N) is 3. The summed E-state index contributed by atoms with van der Waals surface area (Å²) >= 11 is 1.70. The maximum absolute atomic E-state index is 4.71. The summed E-state index contributed by atoms with van der Waals surface area (Å²) in [4.78, 5) is 8.40. The molecule has 0 spiro atoms. The third-order valence-corrected chi connectivity index (χ3v) is 4.98. The normalized spacial score (nSPS) is 22.9. The van der Waals surface area contributed by atoms with Crippen LogP contribution in [0.1, 0.15) is 26.0 Å². The number of aromatic nitrogens is 2. The summed E-state index contributed by atoms with van der Waals surface area (Å²) in [6.45, 7) is 8.94. The molecule has 1 N–H and O–H groups in total. The third kappa shape index (κ3) is 2.68. The van der Waals surface area contributed by atoms with Gasteiger partial charge in [0.05, 0.1) is 5.69 Å². The van der Waals surface area contributed by atoms with Gasteiger partial charge in [0.15, 0.2) is 4.96 Å². The molecule has 2 atom stereocenters. The highest BCUT2D eigenvalue weighted by molar-refractivity contribution is 7.15. The Bertz CT molecular complexity index is 504. The number of hydrogen-bond acceptors (Lipinski definition) is 4. The quantitative estimate of drug-likeness (QED) is 0.931. The molecule has 3 heterocycles. The van der Waals surface area contributed by atoms with Crippen molar-refractivity contribution in [1.82, 2.24) is 19.6 Å². The molecule has 0 saturated carbocycles. The van der Waals surface area contributed by atoms with E-state index in [1.165, 1.54) is 12.1 Å². The summed E-state index contributed by atoms with van der Waals surface area (Å²) in [5, 5.41) is 5.60. The Morgan fingerprint density at radius 1 is 1.58 bits per heavy atom. The number of piperazine rings is 1. The Morgan fingerprint density at radius 3 is 3.26 bits per heavy atom. The maximum atomic E-state index is 4.71. The molecule has 1 saturated heterocycles. The zero-order valence-electron chi connectivity index (χ0n) is 11.7. The molecule has 19 heavy (non-hydrogen) atoms. The Morgan fingerprint density at radius 2 is 2.47 bits per heavy atom. The van der Waals surface area contributed by atoms with Crippen molar-refractivity contribution in [2.24, 2.45) is 5.92 Å². The minimum absolute atomic E-state index is 0.637. The van der Waals surface area contributed by atoms with Crippen LogP contribution in [0.4, 0.5) is 0 Å². The summed E-state index contributed by atoms with van der Waals surface area (Å²) in [5.74, 6) is 0.733. The van der Waals surface area contributed by atoms with Gasteiger partial charge < -0.3 is 5.32 Å². The summed E-state index contributed by atoms with van der Waals surface area (Å²) in [7, 11) is 0. The van der Waals surface area contributed by atoms with Crippen molar-refractivity contribution in [3.63, 3.8) is 0 Å². The second kappa shape index (κ2) is 5.61. The molecule has 5 heteroatoms. The first kappa shape index (κ1) is 13.1. The molecule has 3 rings (SSSR count). The van der Waals surface area contributed by atoms with Crippen LogP contribution in [-0.4, -0.2) is 40.0 Å². The fourth-order valence-electron chi connectivity index (χ4n) is 2.86. The first-order chi connectivity index (χ1) is 9.28. The highest BCUT2D eigenvalue weighted by atomic mass is 32.1. The maximum Gasteiger partial charge on any atom is 0.193 e. The largest absolute Gasteiger partial charge is 0.314 e. The Labute approximate surface area is 118 Å². The highest BCUT2D eigenvalue weighted by Crippen LogP contribution is 2.20. The molecule has 1 aliphatic rings. The van der Waals surface area contributed by atoms with E-state index in [0.29, 0.717) is 6.04 Å². The van der Waals surface area contributed by atoms with Gasteiger partial charge in [-0.05, 0) is 5.92 Å². The van der Waals surface area contributed by atoms with Crippen LogP contribution in [0.5, 0.6) is 0 Å². The topological polar surface area (TPSA) is 32.6 Å². The molecule has 0 aromatic carbocycles. The van der Waals surface area contributed by atoms with Crippen LogP contribution in [0.25, 0.3) is 4.96 Å². The molecule has 0 aliphatic carbocycles. The zero-order chi connectivity index (χ0) is 13.2. The van der Waals surface area contributed by atoms with Crippen LogP contribution in [0.15, 0.2) is 17.8 Å². The molecule has 104 valence electrons. The molecule has 2 unspecified atom stereocenters. The molecule has 0 amide bonds.